The van der Waals surface area contributed by atoms with Crippen LogP contribution in [0.3, 0.4) is 0 Å². The summed E-state index contributed by atoms with van der Waals surface area (Å²) in [5.74, 6) is 1.76. The van der Waals surface area contributed by atoms with Crippen molar-refractivity contribution >= 4 is 33.4 Å². The first kappa shape index (κ1) is 14.2. The molecule has 0 amide bonds. The summed E-state index contributed by atoms with van der Waals surface area (Å²) in [6.07, 6.45) is 0. The van der Waals surface area contributed by atoms with Gasteiger partial charge < -0.3 is 10.2 Å². The lowest BCUT2D eigenvalue weighted by Crippen LogP contribution is -1.86. The Kier molecular flexibility index (Phi) is 4.26. The number of rotatable bonds is 4. The molecular formula is C15H12BrN3OS. The van der Waals surface area contributed by atoms with Crippen LogP contribution in [-0.4, -0.2) is 10.2 Å². The molecule has 0 atom stereocenters. The molecule has 3 rings (SSSR count). The van der Waals surface area contributed by atoms with Gasteiger partial charge in [0.1, 0.15) is 0 Å². The van der Waals surface area contributed by atoms with E-state index in [9.17, 15) is 0 Å². The van der Waals surface area contributed by atoms with Gasteiger partial charge in [0, 0.05) is 20.6 Å². The Labute approximate surface area is 134 Å². The van der Waals surface area contributed by atoms with Crippen molar-refractivity contribution in [2.75, 3.05) is 5.73 Å². The Morgan fingerprint density at radius 3 is 2.67 bits per heavy atom. The highest BCUT2D eigenvalue weighted by molar-refractivity contribution is 9.10. The number of nitrogen functional groups attached to an aromatic ring is 1. The van der Waals surface area contributed by atoms with Crippen LogP contribution < -0.4 is 5.73 Å². The molecule has 2 aromatic carbocycles. The molecule has 1 aromatic heterocycles. The van der Waals surface area contributed by atoms with Crippen LogP contribution in [0.2, 0.25) is 0 Å². The molecule has 21 heavy (non-hydrogen) atoms. The fourth-order valence-electron chi connectivity index (χ4n) is 1.78. The van der Waals surface area contributed by atoms with E-state index in [1.807, 2.05) is 48.5 Å². The fraction of sp³-hybridized carbons (Fsp3) is 0.0667. The van der Waals surface area contributed by atoms with Gasteiger partial charge in [0.2, 0.25) is 11.8 Å². The lowest BCUT2D eigenvalue weighted by atomic mass is 10.2. The van der Waals surface area contributed by atoms with E-state index >= 15 is 0 Å². The van der Waals surface area contributed by atoms with Crippen molar-refractivity contribution in [3.63, 3.8) is 0 Å². The number of thioether (sulfide) groups is 1. The zero-order valence-electron chi connectivity index (χ0n) is 11.0. The minimum Gasteiger partial charge on any atom is -0.420 e. The molecule has 4 nitrogen and oxygen atoms in total. The topological polar surface area (TPSA) is 64.9 Å². The van der Waals surface area contributed by atoms with Gasteiger partial charge in [-0.05, 0) is 46.3 Å². The third-order valence-corrected chi connectivity index (χ3v) is 4.77. The molecule has 0 fully saturated rings. The summed E-state index contributed by atoms with van der Waals surface area (Å²) in [4.78, 5) is 1.09. The molecule has 0 spiro atoms. The average molecular weight is 362 g/mol. The van der Waals surface area contributed by atoms with Gasteiger partial charge >= 0.3 is 0 Å². The Hall–Kier alpha value is -1.79. The van der Waals surface area contributed by atoms with Gasteiger partial charge in [0.05, 0.1) is 5.75 Å². The molecule has 0 unspecified atom stereocenters. The predicted molar refractivity (Wildman–Crippen MR) is 87.8 cm³/mol. The molecule has 6 heteroatoms. The van der Waals surface area contributed by atoms with E-state index in [0.717, 1.165) is 20.6 Å². The Bertz CT molecular complexity index is 746. The smallest absolute Gasteiger partial charge is 0.247 e. The van der Waals surface area contributed by atoms with Gasteiger partial charge in [-0.3, -0.25) is 0 Å². The second-order valence-corrected chi connectivity index (χ2v) is 6.22. The van der Waals surface area contributed by atoms with Crippen molar-refractivity contribution in [1.82, 2.24) is 10.2 Å². The van der Waals surface area contributed by atoms with Crippen molar-refractivity contribution in [2.45, 2.75) is 10.6 Å². The lowest BCUT2D eigenvalue weighted by molar-refractivity contribution is 0.528. The first-order chi connectivity index (χ1) is 10.2. The van der Waals surface area contributed by atoms with E-state index in [1.54, 1.807) is 11.8 Å². The average Bonchev–Trinajstić information content (AvgIpc) is 2.96. The molecule has 0 aliphatic rings. The SMILES string of the molecule is Nc1ccc(SCc2nnc(-c3ccccc3)o2)c(Br)c1. The van der Waals surface area contributed by atoms with Crippen LogP contribution in [0.1, 0.15) is 5.89 Å². The van der Waals surface area contributed by atoms with Gasteiger partial charge in [-0.1, -0.05) is 18.2 Å². The molecular weight excluding hydrogens is 350 g/mol. The minimum absolute atomic E-state index is 0.544. The highest BCUT2D eigenvalue weighted by Crippen LogP contribution is 2.31. The van der Waals surface area contributed by atoms with Crippen molar-refractivity contribution in [2.24, 2.45) is 0 Å². The number of halogens is 1. The normalized spacial score (nSPS) is 10.7. The molecule has 0 saturated carbocycles. The molecule has 0 saturated heterocycles. The van der Waals surface area contributed by atoms with Crippen LogP contribution in [-0.2, 0) is 5.75 Å². The number of hydrogen-bond acceptors (Lipinski definition) is 5. The van der Waals surface area contributed by atoms with E-state index in [2.05, 4.69) is 26.1 Å². The van der Waals surface area contributed by atoms with E-state index in [0.29, 0.717) is 17.5 Å². The van der Waals surface area contributed by atoms with Crippen LogP contribution in [0.25, 0.3) is 11.5 Å². The predicted octanol–water partition coefficient (Wildman–Crippen LogP) is 4.37. The van der Waals surface area contributed by atoms with Gasteiger partial charge in [0.25, 0.3) is 0 Å². The molecule has 2 N–H and O–H groups in total. The summed E-state index contributed by atoms with van der Waals surface area (Å²) in [6, 6.07) is 15.5. The molecule has 3 aromatic rings. The van der Waals surface area contributed by atoms with E-state index in [1.165, 1.54) is 0 Å². The highest BCUT2D eigenvalue weighted by atomic mass is 79.9. The second-order valence-electron chi connectivity index (χ2n) is 4.35. The summed E-state index contributed by atoms with van der Waals surface area (Å²) in [5, 5.41) is 8.15. The second kappa shape index (κ2) is 6.32. The molecule has 0 bridgehead atoms. The Morgan fingerprint density at radius 2 is 1.90 bits per heavy atom. The first-order valence-corrected chi connectivity index (χ1v) is 8.06. The highest BCUT2D eigenvalue weighted by Gasteiger charge is 2.09. The number of nitrogens with zero attached hydrogens (tertiary/aromatic N) is 2. The summed E-state index contributed by atoms with van der Waals surface area (Å²) < 4.78 is 6.64. The molecule has 0 aliphatic carbocycles. The van der Waals surface area contributed by atoms with E-state index in [4.69, 9.17) is 10.2 Å². The van der Waals surface area contributed by atoms with Gasteiger partial charge in [-0.2, -0.15) is 0 Å². The number of anilines is 1. The number of benzene rings is 2. The summed E-state index contributed by atoms with van der Waals surface area (Å²) in [7, 11) is 0. The maximum atomic E-state index is 5.72. The van der Waals surface area contributed by atoms with Crippen molar-refractivity contribution in [3.8, 4) is 11.5 Å². The molecule has 1 heterocycles. The first-order valence-electron chi connectivity index (χ1n) is 6.28. The van der Waals surface area contributed by atoms with Crippen molar-refractivity contribution in [3.05, 3.63) is 58.9 Å². The van der Waals surface area contributed by atoms with Crippen LogP contribution in [0.15, 0.2) is 62.3 Å². The van der Waals surface area contributed by atoms with E-state index < -0.39 is 0 Å². The van der Waals surface area contributed by atoms with Crippen LogP contribution in [0.5, 0.6) is 0 Å². The number of aromatic nitrogens is 2. The van der Waals surface area contributed by atoms with Gasteiger partial charge in [0.15, 0.2) is 0 Å². The minimum atomic E-state index is 0.544. The van der Waals surface area contributed by atoms with Gasteiger partial charge in [-0.15, -0.1) is 22.0 Å². The molecule has 106 valence electrons. The van der Waals surface area contributed by atoms with Crippen molar-refractivity contribution < 1.29 is 4.42 Å². The number of hydrogen-bond donors (Lipinski definition) is 1. The Balaban J connectivity index is 1.70. The lowest BCUT2D eigenvalue weighted by Gasteiger charge is -2.03. The fourth-order valence-corrected chi connectivity index (χ4v) is 3.28. The number of nitrogens with two attached hydrogens (primary N) is 1. The molecule has 0 radical (unpaired) electrons. The van der Waals surface area contributed by atoms with Gasteiger partial charge in [-0.25, -0.2) is 0 Å². The standard InChI is InChI=1S/C15H12BrN3OS/c16-12-8-11(17)6-7-13(12)21-9-14-18-19-15(20-14)10-4-2-1-3-5-10/h1-8H,9,17H2. The molecule has 0 aliphatic heterocycles. The quantitative estimate of drug-likeness (QED) is 0.551. The third-order valence-electron chi connectivity index (χ3n) is 2.79. The zero-order chi connectivity index (χ0) is 14.7. The van der Waals surface area contributed by atoms with E-state index in [-0.39, 0.29) is 0 Å². The monoisotopic (exact) mass is 361 g/mol. The summed E-state index contributed by atoms with van der Waals surface area (Å²) in [6.45, 7) is 0. The van der Waals surface area contributed by atoms with Crippen LogP contribution in [0, 0.1) is 0 Å². The summed E-state index contributed by atoms with van der Waals surface area (Å²) >= 11 is 5.11. The third kappa shape index (κ3) is 3.46. The zero-order valence-corrected chi connectivity index (χ0v) is 13.4. The maximum absolute atomic E-state index is 5.72. The summed E-state index contributed by atoms with van der Waals surface area (Å²) in [5.41, 5.74) is 7.38. The van der Waals surface area contributed by atoms with Crippen LogP contribution >= 0.6 is 27.7 Å². The van der Waals surface area contributed by atoms with Crippen LogP contribution in [0.4, 0.5) is 5.69 Å². The largest absolute Gasteiger partial charge is 0.420 e. The Morgan fingerprint density at radius 1 is 1.10 bits per heavy atom. The van der Waals surface area contributed by atoms with Crippen molar-refractivity contribution in [1.29, 1.82) is 0 Å². The maximum Gasteiger partial charge on any atom is 0.247 e.